The molecule has 0 unspecified atom stereocenters. The molecule has 0 saturated carbocycles. The summed E-state index contributed by atoms with van der Waals surface area (Å²) in [4.78, 5) is 8.57. The molecule has 0 aliphatic rings. The molecule has 7 heteroatoms. The van der Waals surface area contributed by atoms with Crippen molar-refractivity contribution in [1.29, 1.82) is 0 Å². The summed E-state index contributed by atoms with van der Waals surface area (Å²) >= 11 is 3.41. The number of nitrogens with zero attached hydrogens (tertiary/aromatic N) is 3. The first-order valence-corrected chi connectivity index (χ1v) is 6.81. The quantitative estimate of drug-likeness (QED) is 0.767. The molecule has 6 nitrogen and oxygen atoms in total. The van der Waals surface area contributed by atoms with E-state index in [-0.39, 0.29) is 0 Å². The fourth-order valence-electron chi connectivity index (χ4n) is 1.76. The highest BCUT2D eigenvalue weighted by Crippen LogP contribution is 2.23. The van der Waals surface area contributed by atoms with Gasteiger partial charge in [-0.3, -0.25) is 5.10 Å². The molecule has 0 radical (unpaired) electrons. The number of hydrogen-bond acceptors (Lipinski definition) is 5. The van der Waals surface area contributed by atoms with Gasteiger partial charge in [0, 0.05) is 11.5 Å². The molecule has 0 aliphatic heterocycles. The summed E-state index contributed by atoms with van der Waals surface area (Å²) in [6, 6.07) is 7.95. The van der Waals surface area contributed by atoms with Crippen molar-refractivity contribution in [3.05, 3.63) is 40.5 Å². The third-order valence-electron chi connectivity index (χ3n) is 2.79. The van der Waals surface area contributed by atoms with Crippen LogP contribution >= 0.6 is 15.9 Å². The molecule has 0 amide bonds. The van der Waals surface area contributed by atoms with Gasteiger partial charge in [0.2, 0.25) is 11.8 Å². The number of aromatic nitrogens is 4. The fourth-order valence-corrected chi connectivity index (χ4v) is 2.03. The normalized spacial score (nSPS) is 10.7. The molecule has 0 aliphatic carbocycles. The Bertz CT molecular complexity index is 725. The Hall–Kier alpha value is -2.15. The Morgan fingerprint density at radius 2 is 2.05 bits per heavy atom. The zero-order chi connectivity index (χ0) is 13.9. The van der Waals surface area contributed by atoms with Gasteiger partial charge in [-0.05, 0) is 17.7 Å². The van der Waals surface area contributed by atoms with Gasteiger partial charge in [-0.2, -0.15) is 15.1 Å². The summed E-state index contributed by atoms with van der Waals surface area (Å²) in [6.45, 7) is 0.438. The number of anilines is 1. The van der Waals surface area contributed by atoms with E-state index in [0.29, 0.717) is 24.1 Å². The number of ether oxygens (including phenoxy) is 1. The van der Waals surface area contributed by atoms with Gasteiger partial charge in [0.1, 0.15) is 12.0 Å². The van der Waals surface area contributed by atoms with Crippen LogP contribution in [-0.4, -0.2) is 27.2 Å². The highest BCUT2D eigenvalue weighted by Gasteiger charge is 2.10. The Labute approximate surface area is 123 Å². The maximum Gasteiger partial charge on any atom is 0.229 e. The first-order chi connectivity index (χ1) is 9.76. The number of aromatic amines is 1. The topological polar surface area (TPSA) is 75.7 Å². The molecule has 2 aromatic heterocycles. The molecular formula is C13H12BrN5O. The maximum absolute atomic E-state index is 5.78. The van der Waals surface area contributed by atoms with Gasteiger partial charge in [0.05, 0.1) is 6.20 Å². The van der Waals surface area contributed by atoms with Crippen molar-refractivity contribution in [3.8, 4) is 5.88 Å². The van der Waals surface area contributed by atoms with E-state index in [1.54, 1.807) is 13.2 Å². The van der Waals surface area contributed by atoms with Crippen LogP contribution in [0, 0.1) is 0 Å². The van der Waals surface area contributed by atoms with Gasteiger partial charge in [-0.15, -0.1) is 0 Å². The van der Waals surface area contributed by atoms with Crippen LogP contribution in [0.25, 0.3) is 11.0 Å². The predicted molar refractivity (Wildman–Crippen MR) is 79.7 cm³/mol. The molecule has 0 atom stereocenters. The minimum absolute atomic E-state index is 0.438. The van der Waals surface area contributed by atoms with Crippen LogP contribution in [-0.2, 0) is 6.61 Å². The Morgan fingerprint density at radius 1 is 1.25 bits per heavy atom. The van der Waals surface area contributed by atoms with Crippen molar-refractivity contribution in [2.45, 2.75) is 6.61 Å². The summed E-state index contributed by atoms with van der Waals surface area (Å²) < 4.78 is 6.82. The van der Waals surface area contributed by atoms with Gasteiger partial charge in [0.25, 0.3) is 0 Å². The van der Waals surface area contributed by atoms with Crippen molar-refractivity contribution in [2.75, 3.05) is 12.4 Å². The molecule has 102 valence electrons. The maximum atomic E-state index is 5.78. The van der Waals surface area contributed by atoms with E-state index in [1.807, 2.05) is 24.3 Å². The Kier molecular flexibility index (Phi) is 3.51. The average molecular weight is 334 g/mol. The van der Waals surface area contributed by atoms with Crippen molar-refractivity contribution >= 4 is 32.9 Å². The second-order valence-corrected chi connectivity index (χ2v) is 5.07. The first kappa shape index (κ1) is 12.9. The van der Waals surface area contributed by atoms with E-state index in [4.69, 9.17) is 4.74 Å². The third kappa shape index (κ3) is 2.57. The van der Waals surface area contributed by atoms with Crippen LogP contribution in [0.4, 0.5) is 5.95 Å². The van der Waals surface area contributed by atoms with E-state index in [0.717, 1.165) is 15.4 Å². The first-order valence-electron chi connectivity index (χ1n) is 6.02. The highest BCUT2D eigenvalue weighted by atomic mass is 79.9. The number of H-pyrrole nitrogens is 1. The third-order valence-corrected chi connectivity index (χ3v) is 3.32. The van der Waals surface area contributed by atoms with Gasteiger partial charge < -0.3 is 10.1 Å². The summed E-state index contributed by atoms with van der Waals surface area (Å²) in [5, 5.41) is 10.4. The largest absolute Gasteiger partial charge is 0.472 e. The summed E-state index contributed by atoms with van der Waals surface area (Å²) in [6.07, 6.45) is 1.66. The molecule has 0 spiro atoms. The van der Waals surface area contributed by atoms with E-state index < -0.39 is 0 Å². The van der Waals surface area contributed by atoms with Crippen LogP contribution in [0.5, 0.6) is 5.88 Å². The van der Waals surface area contributed by atoms with E-state index >= 15 is 0 Å². The molecule has 0 bridgehead atoms. The van der Waals surface area contributed by atoms with Crippen LogP contribution in [0.1, 0.15) is 5.56 Å². The second kappa shape index (κ2) is 5.46. The number of nitrogens with one attached hydrogen (secondary N) is 2. The van der Waals surface area contributed by atoms with E-state index in [9.17, 15) is 0 Å². The summed E-state index contributed by atoms with van der Waals surface area (Å²) in [5.41, 5.74) is 1.71. The lowest BCUT2D eigenvalue weighted by Crippen LogP contribution is -2.02. The molecule has 1 aromatic carbocycles. The van der Waals surface area contributed by atoms with Gasteiger partial charge in [0.15, 0.2) is 5.65 Å². The SMILES string of the molecule is CNc1nc(OCc2ccc(Br)cc2)c2cn[nH]c2n1. The van der Waals surface area contributed by atoms with Crippen LogP contribution in [0.2, 0.25) is 0 Å². The van der Waals surface area contributed by atoms with Gasteiger partial charge in [-0.25, -0.2) is 0 Å². The molecule has 3 aromatic rings. The average Bonchev–Trinajstić information content (AvgIpc) is 2.94. The molecule has 0 fully saturated rings. The lowest BCUT2D eigenvalue weighted by molar-refractivity contribution is 0.298. The molecular weight excluding hydrogens is 322 g/mol. The summed E-state index contributed by atoms with van der Waals surface area (Å²) in [7, 11) is 1.76. The molecule has 0 saturated heterocycles. The van der Waals surface area contributed by atoms with Crippen LogP contribution in [0.3, 0.4) is 0 Å². The van der Waals surface area contributed by atoms with Crippen molar-refractivity contribution in [3.63, 3.8) is 0 Å². The monoisotopic (exact) mass is 333 g/mol. The number of rotatable bonds is 4. The van der Waals surface area contributed by atoms with E-state index in [1.165, 1.54) is 0 Å². The lowest BCUT2D eigenvalue weighted by atomic mass is 10.2. The Morgan fingerprint density at radius 3 is 2.80 bits per heavy atom. The predicted octanol–water partition coefficient (Wildman–Crippen LogP) is 2.74. The number of hydrogen-bond donors (Lipinski definition) is 2. The Balaban J connectivity index is 1.86. The van der Waals surface area contributed by atoms with Crippen LogP contribution in [0.15, 0.2) is 34.9 Å². The molecule has 3 rings (SSSR count). The smallest absolute Gasteiger partial charge is 0.229 e. The van der Waals surface area contributed by atoms with Crippen LogP contribution < -0.4 is 10.1 Å². The molecule has 2 heterocycles. The van der Waals surface area contributed by atoms with Gasteiger partial charge >= 0.3 is 0 Å². The molecule has 2 N–H and O–H groups in total. The number of halogens is 1. The zero-order valence-corrected chi connectivity index (χ0v) is 12.3. The van der Waals surface area contributed by atoms with E-state index in [2.05, 4.69) is 41.4 Å². The number of fused-ring (bicyclic) bond motifs is 1. The summed E-state index contributed by atoms with van der Waals surface area (Å²) in [5.74, 6) is 1.00. The van der Waals surface area contributed by atoms with Crippen molar-refractivity contribution < 1.29 is 4.74 Å². The second-order valence-electron chi connectivity index (χ2n) is 4.15. The zero-order valence-electron chi connectivity index (χ0n) is 10.7. The lowest BCUT2D eigenvalue weighted by Gasteiger charge is -2.07. The minimum Gasteiger partial charge on any atom is -0.472 e. The minimum atomic E-state index is 0.438. The molecule has 20 heavy (non-hydrogen) atoms. The fraction of sp³-hybridized carbons (Fsp3) is 0.154. The van der Waals surface area contributed by atoms with Crippen molar-refractivity contribution in [1.82, 2.24) is 20.2 Å². The van der Waals surface area contributed by atoms with Gasteiger partial charge in [-0.1, -0.05) is 28.1 Å². The highest BCUT2D eigenvalue weighted by molar-refractivity contribution is 9.10. The van der Waals surface area contributed by atoms with Crippen molar-refractivity contribution in [2.24, 2.45) is 0 Å². The number of benzene rings is 1. The standard InChI is InChI=1S/C13H12BrN5O/c1-15-13-17-11-10(6-16-19-11)12(18-13)20-7-8-2-4-9(14)5-3-8/h2-6H,7H2,1H3,(H2,15,16,17,18,19).